The molecular formula is C19H13Cl3N4O3S2. The molecule has 0 atom stereocenters. The van der Waals surface area contributed by atoms with Gasteiger partial charge in [0, 0.05) is 10.0 Å². The van der Waals surface area contributed by atoms with Crippen LogP contribution in [0.4, 0.5) is 0 Å². The Balaban J connectivity index is 1.67. The number of pyridine rings is 1. The summed E-state index contributed by atoms with van der Waals surface area (Å²) < 4.78 is 28.9. The number of sulfonamides is 1. The largest absolute Gasteiger partial charge is 0.308 e. The van der Waals surface area contributed by atoms with Crippen LogP contribution in [-0.4, -0.2) is 28.9 Å². The van der Waals surface area contributed by atoms with E-state index in [4.69, 9.17) is 34.8 Å². The molecule has 0 spiro atoms. The topological polar surface area (TPSA) is 93.9 Å². The van der Waals surface area contributed by atoms with E-state index in [2.05, 4.69) is 9.97 Å². The zero-order valence-corrected chi connectivity index (χ0v) is 19.7. The van der Waals surface area contributed by atoms with Crippen LogP contribution in [0.1, 0.15) is 21.9 Å². The lowest BCUT2D eigenvalue weighted by Gasteiger charge is -2.09. The van der Waals surface area contributed by atoms with Gasteiger partial charge in [0.1, 0.15) is 21.2 Å². The summed E-state index contributed by atoms with van der Waals surface area (Å²) in [4.78, 5) is 21.4. The first-order chi connectivity index (χ1) is 14.6. The molecule has 0 aliphatic rings. The van der Waals surface area contributed by atoms with Gasteiger partial charge in [-0.3, -0.25) is 4.79 Å². The maximum absolute atomic E-state index is 12.6. The number of aromatic nitrogens is 3. The molecule has 1 aromatic carbocycles. The number of nitrogens with zero attached hydrogens (tertiary/aromatic N) is 3. The van der Waals surface area contributed by atoms with E-state index in [0.717, 1.165) is 16.9 Å². The normalized spacial score (nSPS) is 11.7. The highest BCUT2D eigenvalue weighted by Crippen LogP contribution is 2.26. The highest BCUT2D eigenvalue weighted by molar-refractivity contribution is 7.92. The summed E-state index contributed by atoms with van der Waals surface area (Å²) in [6.07, 6.45) is 0. The van der Waals surface area contributed by atoms with Crippen molar-refractivity contribution in [2.75, 3.05) is 0 Å². The van der Waals surface area contributed by atoms with Crippen LogP contribution in [0.15, 0.2) is 46.7 Å². The zero-order valence-electron chi connectivity index (χ0n) is 15.8. The van der Waals surface area contributed by atoms with Gasteiger partial charge in [0.25, 0.3) is 15.9 Å². The molecule has 1 amide bonds. The molecule has 0 radical (unpaired) electrons. The molecule has 12 heteroatoms. The van der Waals surface area contributed by atoms with E-state index in [1.807, 2.05) is 4.72 Å². The number of halogens is 3. The van der Waals surface area contributed by atoms with Crippen molar-refractivity contribution >= 4 is 73.2 Å². The number of aryl methyl sites for hydroxylation is 1. The first-order valence-corrected chi connectivity index (χ1v) is 12.2. The smallest absolute Gasteiger partial charge is 0.283 e. The molecule has 0 aliphatic carbocycles. The predicted molar refractivity (Wildman–Crippen MR) is 122 cm³/mol. The number of nitrogens with one attached hydrogen (secondary N) is 1. The van der Waals surface area contributed by atoms with E-state index in [1.165, 1.54) is 18.2 Å². The van der Waals surface area contributed by atoms with Gasteiger partial charge < -0.3 is 4.57 Å². The Bertz CT molecular complexity index is 1430. The molecule has 0 saturated carbocycles. The minimum Gasteiger partial charge on any atom is -0.308 e. The molecule has 31 heavy (non-hydrogen) atoms. The van der Waals surface area contributed by atoms with Gasteiger partial charge in [-0.1, -0.05) is 40.9 Å². The molecule has 3 heterocycles. The van der Waals surface area contributed by atoms with Crippen molar-refractivity contribution in [1.82, 2.24) is 19.3 Å². The molecule has 0 unspecified atom stereocenters. The minimum absolute atomic E-state index is 0.0646. The molecule has 1 N–H and O–H groups in total. The SMILES string of the molecule is Cc1nc2ccc(C(=O)NS(=O)(=O)c3ccc(Cl)s3)nc2n1Cc1ccc(Cl)cc1Cl. The van der Waals surface area contributed by atoms with Gasteiger partial charge in [-0.25, -0.2) is 23.1 Å². The summed E-state index contributed by atoms with van der Waals surface area (Å²) in [6.45, 7) is 2.15. The van der Waals surface area contributed by atoms with Gasteiger partial charge >= 0.3 is 0 Å². The standard InChI is InChI=1S/C19H13Cl3N4O3S2/c1-10-23-14-4-5-15(19(27)25-31(28,29)17-7-6-16(22)30-17)24-18(14)26(10)9-11-2-3-12(20)8-13(11)21/h2-8H,9H2,1H3,(H,25,27). The van der Waals surface area contributed by atoms with E-state index in [9.17, 15) is 13.2 Å². The highest BCUT2D eigenvalue weighted by Gasteiger charge is 2.22. The first-order valence-electron chi connectivity index (χ1n) is 8.74. The molecule has 0 aliphatic heterocycles. The number of carbonyl (C=O) groups is 1. The average molecular weight is 516 g/mol. The Hall–Kier alpha value is -2.17. The number of fused-ring (bicyclic) bond motifs is 1. The van der Waals surface area contributed by atoms with Crippen LogP contribution >= 0.6 is 46.1 Å². The maximum atomic E-state index is 12.6. The Labute approximate surface area is 196 Å². The number of imidazole rings is 1. The molecule has 4 rings (SSSR count). The quantitative estimate of drug-likeness (QED) is 0.407. The number of hydrogen-bond donors (Lipinski definition) is 1. The summed E-state index contributed by atoms with van der Waals surface area (Å²) in [5, 5.41) is 1.01. The van der Waals surface area contributed by atoms with Crippen LogP contribution in [0.25, 0.3) is 11.2 Å². The Morgan fingerprint density at radius 3 is 2.55 bits per heavy atom. The fraction of sp³-hybridized carbons (Fsp3) is 0.105. The molecular weight excluding hydrogens is 503 g/mol. The lowest BCUT2D eigenvalue weighted by atomic mass is 10.2. The van der Waals surface area contributed by atoms with E-state index in [-0.39, 0.29) is 9.90 Å². The predicted octanol–water partition coefficient (Wildman–Crippen LogP) is 4.93. The maximum Gasteiger partial charge on any atom is 0.283 e. The third-order valence-electron chi connectivity index (χ3n) is 4.40. The van der Waals surface area contributed by atoms with Crippen LogP contribution in [0.3, 0.4) is 0 Å². The van der Waals surface area contributed by atoms with Crippen molar-refractivity contribution in [2.24, 2.45) is 0 Å². The zero-order chi connectivity index (χ0) is 22.3. The number of hydrogen-bond acceptors (Lipinski definition) is 6. The van der Waals surface area contributed by atoms with Crippen molar-refractivity contribution in [3.05, 3.63) is 73.9 Å². The van der Waals surface area contributed by atoms with Crippen molar-refractivity contribution in [3.63, 3.8) is 0 Å². The van der Waals surface area contributed by atoms with Crippen molar-refractivity contribution in [1.29, 1.82) is 0 Å². The molecule has 0 bridgehead atoms. The fourth-order valence-electron chi connectivity index (χ4n) is 2.92. The second-order valence-electron chi connectivity index (χ2n) is 6.51. The third kappa shape index (κ3) is 4.56. The van der Waals surface area contributed by atoms with Crippen LogP contribution < -0.4 is 4.72 Å². The minimum atomic E-state index is -4.06. The molecule has 0 fully saturated rings. The van der Waals surface area contributed by atoms with Gasteiger partial charge in [-0.2, -0.15) is 0 Å². The van der Waals surface area contributed by atoms with Crippen LogP contribution in [-0.2, 0) is 16.6 Å². The van der Waals surface area contributed by atoms with E-state index in [0.29, 0.717) is 37.9 Å². The molecule has 0 saturated heterocycles. The van der Waals surface area contributed by atoms with Gasteiger partial charge in [-0.05, 0) is 48.9 Å². The van der Waals surface area contributed by atoms with Crippen molar-refractivity contribution in [3.8, 4) is 0 Å². The fourth-order valence-corrected chi connectivity index (χ4v) is 5.83. The molecule has 4 aromatic rings. The molecule has 3 aromatic heterocycles. The van der Waals surface area contributed by atoms with Gasteiger partial charge in [0.2, 0.25) is 0 Å². The summed E-state index contributed by atoms with van der Waals surface area (Å²) in [5.74, 6) is -0.201. The number of carbonyl (C=O) groups excluding carboxylic acids is 1. The van der Waals surface area contributed by atoms with Crippen molar-refractivity contribution < 1.29 is 13.2 Å². The van der Waals surface area contributed by atoms with Gasteiger partial charge in [0.15, 0.2) is 5.65 Å². The molecule has 160 valence electrons. The number of rotatable bonds is 5. The number of amides is 1. The lowest BCUT2D eigenvalue weighted by Crippen LogP contribution is -2.30. The van der Waals surface area contributed by atoms with E-state index >= 15 is 0 Å². The molecule has 7 nitrogen and oxygen atoms in total. The number of thiophene rings is 1. The van der Waals surface area contributed by atoms with E-state index < -0.39 is 15.9 Å². The summed E-state index contributed by atoms with van der Waals surface area (Å²) in [7, 11) is -4.06. The Morgan fingerprint density at radius 1 is 1.10 bits per heavy atom. The first kappa shape index (κ1) is 22.0. The Morgan fingerprint density at radius 2 is 1.87 bits per heavy atom. The highest BCUT2D eigenvalue weighted by atomic mass is 35.5. The Kier molecular flexibility index (Phi) is 5.97. The van der Waals surface area contributed by atoms with E-state index in [1.54, 1.807) is 35.8 Å². The number of benzene rings is 1. The lowest BCUT2D eigenvalue weighted by molar-refractivity contribution is 0.0977. The summed E-state index contributed by atoms with van der Waals surface area (Å²) >= 11 is 18.9. The van der Waals surface area contributed by atoms with Crippen LogP contribution in [0.2, 0.25) is 14.4 Å². The monoisotopic (exact) mass is 514 g/mol. The van der Waals surface area contributed by atoms with Crippen molar-refractivity contribution in [2.45, 2.75) is 17.7 Å². The van der Waals surface area contributed by atoms with Crippen LogP contribution in [0, 0.1) is 6.92 Å². The second kappa shape index (κ2) is 8.40. The summed E-state index contributed by atoms with van der Waals surface area (Å²) in [5.41, 5.74) is 1.71. The third-order valence-corrected chi connectivity index (χ3v) is 8.04. The second-order valence-corrected chi connectivity index (χ2v) is 11.0. The summed E-state index contributed by atoms with van der Waals surface area (Å²) in [6, 6.07) is 11.0. The van der Waals surface area contributed by atoms with Gasteiger partial charge in [-0.15, -0.1) is 11.3 Å². The average Bonchev–Trinajstić information content (AvgIpc) is 3.27. The van der Waals surface area contributed by atoms with Gasteiger partial charge in [0.05, 0.1) is 10.9 Å². The van der Waals surface area contributed by atoms with Crippen LogP contribution in [0.5, 0.6) is 0 Å².